The normalized spacial score (nSPS) is 14.0. The second-order valence-electron chi connectivity index (χ2n) is 10.0. The molecule has 0 spiro atoms. The fraction of sp³-hybridized carbons (Fsp3) is 0.321. The molecule has 4 rings (SSSR count). The molecule has 3 amide bonds. The van der Waals surface area contributed by atoms with E-state index in [2.05, 4.69) is 10.6 Å². The summed E-state index contributed by atoms with van der Waals surface area (Å²) in [4.78, 5) is 40.6. The summed E-state index contributed by atoms with van der Waals surface area (Å²) in [6, 6.07) is 17.1. The van der Waals surface area contributed by atoms with Crippen molar-refractivity contribution in [2.45, 2.75) is 39.3 Å². The summed E-state index contributed by atoms with van der Waals surface area (Å²) in [6.07, 6.45) is 0. The summed E-state index contributed by atoms with van der Waals surface area (Å²) in [5, 5.41) is 7.26. The molecule has 1 heterocycles. The van der Waals surface area contributed by atoms with E-state index in [1.54, 1.807) is 31.2 Å². The Balaban J connectivity index is 1.51. The average molecular weight is 538 g/mol. The van der Waals surface area contributed by atoms with Crippen LogP contribution in [0.25, 0.3) is 10.8 Å². The predicted molar refractivity (Wildman–Crippen MR) is 148 cm³/mol. The van der Waals surface area contributed by atoms with Crippen molar-refractivity contribution in [1.29, 1.82) is 0 Å². The Bertz CT molecular complexity index is 1400. The fourth-order valence-electron chi connectivity index (χ4n) is 4.14. The number of hydrogen-bond acceptors (Lipinski definition) is 6. The maximum atomic E-state index is 13.6. The lowest BCUT2D eigenvalue weighted by atomic mass is 10.1. The summed E-state index contributed by atoms with van der Waals surface area (Å²) in [7, 11) is -1.82. The van der Waals surface area contributed by atoms with Crippen molar-refractivity contribution in [1.82, 2.24) is 5.32 Å². The van der Waals surface area contributed by atoms with Gasteiger partial charge in [0.25, 0.3) is 0 Å². The van der Waals surface area contributed by atoms with Crippen molar-refractivity contribution in [3.8, 4) is 11.5 Å². The highest BCUT2D eigenvalue weighted by Gasteiger charge is 2.31. The minimum atomic E-state index is -1.82. The highest BCUT2D eigenvalue weighted by Crippen LogP contribution is 2.34. The first-order valence-corrected chi connectivity index (χ1v) is 13.7. The van der Waals surface area contributed by atoms with Gasteiger partial charge in [-0.25, -0.2) is 0 Å². The second-order valence-corrected chi connectivity index (χ2v) is 11.5. The van der Waals surface area contributed by atoms with Crippen molar-refractivity contribution in [3.05, 3.63) is 60.7 Å². The molecule has 0 radical (unpaired) electrons. The van der Waals surface area contributed by atoms with Gasteiger partial charge >= 0.3 is 0 Å². The third kappa shape index (κ3) is 6.49. The number of nitrogens with zero attached hydrogens (tertiary/aromatic N) is 1. The molecule has 1 aliphatic heterocycles. The van der Waals surface area contributed by atoms with Crippen LogP contribution in [0, 0.1) is 0 Å². The number of anilines is 2. The Hall–Kier alpha value is -3.92. The van der Waals surface area contributed by atoms with E-state index in [0.717, 1.165) is 10.8 Å². The molecular weight excluding hydrogens is 506 g/mol. The predicted octanol–water partition coefficient (Wildman–Crippen LogP) is 3.59. The number of carbonyl (C=O) groups is 3. The number of carbonyl (C=O) groups excluding carboxylic acids is 3. The van der Waals surface area contributed by atoms with E-state index in [4.69, 9.17) is 9.47 Å². The molecular formula is C28H31N3O6S. The molecule has 2 atom stereocenters. The molecule has 10 heteroatoms. The van der Waals surface area contributed by atoms with E-state index >= 15 is 0 Å². The lowest BCUT2D eigenvalue weighted by molar-refractivity contribution is -0.126. The van der Waals surface area contributed by atoms with Gasteiger partial charge in [-0.2, -0.15) is 0 Å². The maximum Gasteiger partial charge on any atom is 0.243 e. The molecule has 3 aromatic carbocycles. The first-order chi connectivity index (χ1) is 18.0. The van der Waals surface area contributed by atoms with E-state index in [9.17, 15) is 18.6 Å². The first-order valence-electron chi connectivity index (χ1n) is 12.2. The molecule has 0 fully saturated rings. The Kier molecular flexibility index (Phi) is 8.01. The fourth-order valence-corrected chi connectivity index (χ4v) is 5.03. The van der Waals surface area contributed by atoms with Gasteiger partial charge in [0.2, 0.25) is 24.5 Å². The van der Waals surface area contributed by atoms with Gasteiger partial charge in [-0.15, -0.1) is 0 Å². The zero-order valence-electron chi connectivity index (χ0n) is 21.8. The summed E-state index contributed by atoms with van der Waals surface area (Å²) in [5.74, 6) is -1.10. The van der Waals surface area contributed by atoms with Crippen LogP contribution in [0.2, 0.25) is 0 Å². The Morgan fingerprint density at radius 2 is 1.68 bits per heavy atom. The number of amides is 3. The van der Waals surface area contributed by atoms with Crippen LogP contribution >= 0.6 is 0 Å². The third-order valence-electron chi connectivity index (χ3n) is 5.79. The molecule has 0 bridgehead atoms. The van der Waals surface area contributed by atoms with Crippen LogP contribution in [0.5, 0.6) is 11.5 Å². The molecule has 1 aliphatic rings. The summed E-state index contributed by atoms with van der Waals surface area (Å²) in [5.41, 5.74) is 0.493. The SMILES string of the molecule is CC(C(=O)NC(C)(C)C)N(C(=O)CS(=O)CC(=O)Nc1ccc2c(c1)OCO2)c1cccc2ccccc12. The highest BCUT2D eigenvalue weighted by atomic mass is 32.2. The molecule has 3 aromatic rings. The van der Waals surface area contributed by atoms with Gasteiger partial charge in [-0.1, -0.05) is 36.4 Å². The second kappa shape index (κ2) is 11.2. The maximum absolute atomic E-state index is 13.6. The molecule has 2 N–H and O–H groups in total. The van der Waals surface area contributed by atoms with Crippen molar-refractivity contribution >= 4 is 50.7 Å². The van der Waals surface area contributed by atoms with Gasteiger partial charge in [-0.05, 0) is 51.3 Å². The van der Waals surface area contributed by atoms with Crippen LogP contribution in [0.1, 0.15) is 27.7 Å². The van der Waals surface area contributed by atoms with E-state index in [1.807, 2.05) is 57.2 Å². The van der Waals surface area contributed by atoms with Gasteiger partial charge < -0.3 is 20.1 Å². The lowest BCUT2D eigenvalue weighted by Gasteiger charge is -2.32. The van der Waals surface area contributed by atoms with E-state index < -0.39 is 39.9 Å². The summed E-state index contributed by atoms with van der Waals surface area (Å²) < 4.78 is 23.5. The Morgan fingerprint density at radius 3 is 2.45 bits per heavy atom. The molecule has 200 valence electrons. The van der Waals surface area contributed by atoms with Crippen LogP contribution < -0.4 is 25.0 Å². The van der Waals surface area contributed by atoms with Crippen LogP contribution in [-0.2, 0) is 25.2 Å². The number of ether oxygens (including phenoxy) is 2. The smallest absolute Gasteiger partial charge is 0.243 e. The quantitative estimate of drug-likeness (QED) is 0.454. The van der Waals surface area contributed by atoms with Gasteiger partial charge in [0, 0.05) is 33.5 Å². The van der Waals surface area contributed by atoms with Crippen molar-refractivity contribution < 1.29 is 28.1 Å². The van der Waals surface area contributed by atoms with E-state index in [0.29, 0.717) is 22.9 Å². The van der Waals surface area contributed by atoms with Crippen LogP contribution in [0.3, 0.4) is 0 Å². The number of nitrogens with one attached hydrogen (secondary N) is 2. The number of rotatable bonds is 8. The highest BCUT2D eigenvalue weighted by molar-refractivity contribution is 7.86. The van der Waals surface area contributed by atoms with Crippen LogP contribution in [0.4, 0.5) is 11.4 Å². The molecule has 9 nitrogen and oxygen atoms in total. The van der Waals surface area contributed by atoms with Crippen molar-refractivity contribution in [3.63, 3.8) is 0 Å². The standard InChI is InChI=1S/C28H31N3O6S/c1-18(27(34)30-28(2,3)4)31(22-11-7-9-19-8-5-6-10-21(19)22)26(33)16-38(35)15-25(32)29-20-12-13-23-24(14-20)37-17-36-23/h5-14,18H,15-17H2,1-4H3,(H,29,32)(H,30,34). The van der Waals surface area contributed by atoms with E-state index in [1.165, 1.54) is 4.90 Å². The van der Waals surface area contributed by atoms with Gasteiger partial charge in [0.15, 0.2) is 11.5 Å². The van der Waals surface area contributed by atoms with Crippen molar-refractivity contribution in [2.24, 2.45) is 0 Å². The molecule has 0 saturated carbocycles. The molecule has 0 aliphatic carbocycles. The van der Waals surface area contributed by atoms with E-state index in [-0.39, 0.29) is 18.5 Å². The zero-order valence-corrected chi connectivity index (χ0v) is 22.6. The summed E-state index contributed by atoms with van der Waals surface area (Å²) in [6.45, 7) is 7.31. The molecule has 0 aromatic heterocycles. The lowest BCUT2D eigenvalue weighted by Crippen LogP contribution is -2.53. The van der Waals surface area contributed by atoms with Crippen LogP contribution in [-0.4, -0.2) is 51.8 Å². The third-order valence-corrected chi connectivity index (χ3v) is 6.95. The monoisotopic (exact) mass is 537 g/mol. The minimum absolute atomic E-state index is 0.109. The molecule has 38 heavy (non-hydrogen) atoms. The average Bonchev–Trinajstić information content (AvgIpc) is 3.31. The number of hydrogen-bond donors (Lipinski definition) is 2. The topological polar surface area (TPSA) is 114 Å². The van der Waals surface area contributed by atoms with Gasteiger partial charge in [0.1, 0.15) is 17.5 Å². The van der Waals surface area contributed by atoms with Gasteiger partial charge in [0.05, 0.1) is 5.69 Å². The van der Waals surface area contributed by atoms with Crippen molar-refractivity contribution in [2.75, 3.05) is 28.5 Å². The Labute approximate surface area is 223 Å². The molecule has 0 saturated heterocycles. The van der Waals surface area contributed by atoms with Gasteiger partial charge in [-0.3, -0.25) is 23.5 Å². The minimum Gasteiger partial charge on any atom is -0.454 e. The molecule has 2 unspecified atom stereocenters. The largest absolute Gasteiger partial charge is 0.454 e. The van der Waals surface area contributed by atoms with Crippen LogP contribution in [0.15, 0.2) is 60.7 Å². The Morgan fingerprint density at radius 1 is 0.974 bits per heavy atom. The summed E-state index contributed by atoms with van der Waals surface area (Å²) >= 11 is 0. The first kappa shape index (κ1) is 27.1. The number of fused-ring (bicyclic) bond motifs is 2. The number of benzene rings is 3. The zero-order chi connectivity index (χ0) is 27.4.